The fourth-order valence-electron chi connectivity index (χ4n) is 3.29. The fraction of sp³-hybridized carbons (Fsp3) is 0.227. The molecule has 0 saturated heterocycles. The van der Waals surface area contributed by atoms with Crippen LogP contribution in [0.5, 0.6) is 11.5 Å². The molecule has 0 atom stereocenters. The smallest absolute Gasteiger partial charge is 0.349 e. The zero-order chi connectivity index (χ0) is 22.2. The number of carbonyl (C=O) groups excluding carboxylic acids is 1. The Morgan fingerprint density at radius 3 is 2.88 bits per heavy atom. The van der Waals surface area contributed by atoms with Gasteiger partial charge in [-0.1, -0.05) is 12.1 Å². The van der Waals surface area contributed by atoms with Crippen LogP contribution in [-0.2, 0) is 16.1 Å². The summed E-state index contributed by atoms with van der Waals surface area (Å²) in [6, 6.07) is 6.83. The highest BCUT2D eigenvalue weighted by molar-refractivity contribution is 5.85. The van der Waals surface area contributed by atoms with Crippen LogP contribution in [-0.4, -0.2) is 27.9 Å². The van der Waals surface area contributed by atoms with Crippen LogP contribution < -0.4 is 15.1 Å². The van der Waals surface area contributed by atoms with Gasteiger partial charge in [0, 0.05) is 29.1 Å². The molecule has 0 saturated carbocycles. The lowest BCUT2D eigenvalue weighted by Crippen LogP contribution is -2.07. The summed E-state index contributed by atoms with van der Waals surface area (Å²) in [4.78, 5) is 32.8. The van der Waals surface area contributed by atoms with Crippen LogP contribution in [0, 0.1) is 6.92 Å². The third kappa shape index (κ3) is 3.45. The molecule has 5 rings (SSSR count). The molecular formula is C22H17N3O7. The van der Waals surface area contributed by atoms with Crippen LogP contribution in [0.3, 0.4) is 0 Å². The number of ether oxygens (including phenoxy) is 3. The SMILES string of the molecule is CCC(=O)OCc1cnc(C)c2oc(=O)c(-c3nc(-c4ccc5c(c4)OCO5)no3)cc12. The summed E-state index contributed by atoms with van der Waals surface area (Å²) in [5, 5.41) is 4.54. The van der Waals surface area contributed by atoms with E-state index in [1.54, 1.807) is 44.3 Å². The summed E-state index contributed by atoms with van der Waals surface area (Å²) < 4.78 is 26.8. The number of aromatic nitrogens is 3. The zero-order valence-electron chi connectivity index (χ0n) is 17.2. The maximum Gasteiger partial charge on any atom is 0.349 e. The molecular weight excluding hydrogens is 418 g/mol. The molecule has 0 unspecified atom stereocenters. The number of aryl methyl sites for hydroxylation is 1. The number of benzene rings is 1. The van der Waals surface area contributed by atoms with E-state index in [1.807, 2.05) is 0 Å². The Labute approximate surface area is 180 Å². The second kappa shape index (κ2) is 7.80. The topological polar surface area (TPSA) is 127 Å². The lowest BCUT2D eigenvalue weighted by molar-refractivity contribution is -0.144. The van der Waals surface area contributed by atoms with Crippen molar-refractivity contribution >= 4 is 16.9 Å². The zero-order valence-corrected chi connectivity index (χ0v) is 17.2. The number of hydrogen-bond donors (Lipinski definition) is 0. The van der Waals surface area contributed by atoms with Crippen molar-refractivity contribution in [1.29, 1.82) is 0 Å². The van der Waals surface area contributed by atoms with Crippen LogP contribution >= 0.6 is 0 Å². The first-order valence-corrected chi connectivity index (χ1v) is 9.85. The van der Waals surface area contributed by atoms with E-state index >= 15 is 0 Å². The van der Waals surface area contributed by atoms with Gasteiger partial charge in [-0.25, -0.2) is 4.79 Å². The molecule has 3 aromatic heterocycles. The number of rotatable bonds is 5. The maximum atomic E-state index is 12.7. The van der Waals surface area contributed by atoms with Crippen LogP contribution in [0.15, 0.2) is 44.2 Å². The van der Waals surface area contributed by atoms with Crippen molar-refractivity contribution in [3.8, 4) is 34.3 Å². The molecule has 10 nitrogen and oxygen atoms in total. The summed E-state index contributed by atoms with van der Waals surface area (Å²) in [5.41, 5.74) is 1.51. The Hall–Kier alpha value is -4.21. The molecule has 0 spiro atoms. The van der Waals surface area contributed by atoms with E-state index < -0.39 is 5.63 Å². The first-order chi connectivity index (χ1) is 15.5. The van der Waals surface area contributed by atoms with Gasteiger partial charge in [0.15, 0.2) is 17.1 Å². The minimum Gasteiger partial charge on any atom is -0.461 e. The minimum absolute atomic E-state index is 0.000662. The number of nitrogens with zero attached hydrogens (tertiary/aromatic N) is 3. The van der Waals surface area contributed by atoms with Crippen LogP contribution in [0.2, 0.25) is 0 Å². The van der Waals surface area contributed by atoms with Crippen molar-refractivity contribution in [2.45, 2.75) is 26.9 Å². The minimum atomic E-state index is -0.647. The summed E-state index contributed by atoms with van der Waals surface area (Å²) in [6.07, 6.45) is 1.83. The Morgan fingerprint density at radius 2 is 2.03 bits per heavy atom. The lowest BCUT2D eigenvalue weighted by Gasteiger charge is -2.08. The molecule has 0 N–H and O–H groups in total. The maximum absolute atomic E-state index is 12.7. The molecule has 1 aromatic carbocycles. The Bertz CT molecular complexity index is 1410. The van der Waals surface area contributed by atoms with E-state index in [1.165, 1.54) is 0 Å². The molecule has 1 aliphatic rings. The molecule has 0 bridgehead atoms. The Balaban J connectivity index is 1.55. The van der Waals surface area contributed by atoms with Crippen molar-refractivity contribution < 1.29 is 27.9 Å². The summed E-state index contributed by atoms with van der Waals surface area (Å²) >= 11 is 0. The summed E-state index contributed by atoms with van der Waals surface area (Å²) in [5.74, 6) is 1.14. The highest BCUT2D eigenvalue weighted by atomic mass is 16.7. The quantitative estimate of drug-likeness (QED) is 0.430. The molecule has 4 heterocycles. The second-order valence-corrected chi connectivity index (χ2v) is 7.06. The molecule has 10 heteroatoms. The highest BCUT2D eigenvalue weighted by Crippen LogP contribution is 2.35. The summed E-state index contributed by atoms with van der Waals surface area (Å²) in [7, 11) is 0. The van der Waals surface area contributed by atoms with E-state index in [9.17, 15) is 9.59 Å². The van der Waals surface area contributed by atoms with Crippen LogP contribution in [0.25, 0.3) is 33.8 Å². The predicted octanol–water partition coefficient (Wildman–Crippen LogP) is 3.40. The predicted molar refractivity (Wildman–Crippen MR) is 110 cm³/mol. The monoisotopic (exact) mass is 435 g/mol. The fourth-order valence-corrected chi connectivity index (χ4v) is 3.29. The van der Waals surface area contributed by atoms with Crippen molar-refractivity contribution in [2.24, 2.45) is 0 Å². The Morgan fingerprint density at radius 1 is 1.19 bits per heavy atom. The van der Waals surface area contributed by atoms with Crippen molar-refractivity contribution in [2.75, 3.05) is 6.79 Å². The molecule has 32 heavy (non-hydrogen) atoms. The average molecular weight is 435 g/mol. The first kappa shape index (κ1) is 19.7. The van der Waals surface area contributed by atoms with Crippen LogP contribution in [0.4, 0.5) is 0 Å². The molecule has 0 aliphatic carbocycles. The molecule has 4 aromatic rings. The normalized spacial score (nSPS) is 12.3. The standard InChI is InChI=1S/C22H17N3O7/c1-3-18(26)28-9-13-8-23-11(2)19-14(13)7-15(22(27)31-19)21-24-20(25-32-21)12-4-5-16-17(6-12)30-10-29-16/h4-8H,3,9-10H2,1-2H3. The lowest BCUT2D eigenvalue weighted by atomic mass is 10.1. The van der Waals surface area contributed by atoms with Crippen molar-refractivity contribution in [3.05, 3.63) is 52.1 Å². The third-order valence-electron chi connectivity index (χ3n) is 5.00. The highest BCUT2D eigenvalue weighted by Gasteiger charge is 2.20. The number of carbonyl (C=O) groups is 1. The van der Waals surface area contributed by atoms with Gasteiger partial charge in [0.2, 0.25) is 12.6 Å². The third-order valence-corrected chi connectivity index (χ3v) is 5.00. The van der Waals surface area contributed by atoms with Gasteiger partial charge in [0.1, 0.15) is 12.2 Å². The molecule has 0 amide bonds. The van der Waals surface area contributed by atoms with Gasteiger partial charge in [-0.05, 0) is 31.2 Å². The van der Waals surface area contributed by atoms with Gasteiger partial charge in [0.05, 0.1) is 5.69 Å². The van der Waals surface area contributed by atoms with Gasteiger partial charge in [-0.15, -0.1) is 0 Å². The molecule has 0 radical (unpaired) electrons. The van der Waals surface area contributed by atoms with Crippen molar-refractivity contribution in [3.63, 3.8) is 0 Å². The van der Waals surface area contributed by atoms with E-state index in [0.717, 1.165) is 0 Å². The van der Waals surface area contributed by atoms with Gasteiger partial charge in [-0.3, -0.25) is 9.78 Å². The van der Waals surface area contributed by atoms with E-state index in [2.05, 4.69) is 15.1 Å². The second-order valence-electron chi connectivity index (χ2n) is 7.06. The van der Waals surface area contributed by atoms with Gasteiger partial charge in [0.25, 0.3) is 5.89 Å². The van der Waals surface area contributed by atoms with Gasteiger partial charge >= 0.3 is 11.6 Å². The largest absolute Gasteiger partial charge is 0.461 e. The molecule has 162 valence electrons. The number of esters is 1. The Kier molecular flexibility index (Phi) is 4.81. The van der Waals surface area contributed by atoms with E-state index in [-0.39, 0.29) is 43.1 Å². The number of hydrogen-bond acceptors (Lipinski definition) is 10. The van der Waals surface area contributed by atoms with Gasteiger partial charge in [-0.2, -0.15) is 4.98 Å². The average Bonchev–Trinajstić information content (AvgIpc) is 3.47. The van der Waals surface area contributed by atoms with Crippen LogP contribution in [0.1, 0.15) is 24.6 Å². The van der Waals surface area contributed by atoms with Crippen molar-refractivity contribution in [1.82, 2.24) is 15.1 Å². The van der Waals surface area contributed by atoms with Gasteiger partial charge < -0.3 is 23.2 Å². The van der Waals surface area contributed by atoms with E-state index in [4.69, 9.17) is 23.2 Å². The van der Waals surface area contributed by atoms with E-state index in [0.29, 0.717) is 39.3 Å². The number of pyridine rings is 1. The molecule has 1 aliphatic heterocycles. The summed E-state index contributed by atoms with van der Waals surface area (Å²) in [6.45, 7) is 3.57. The first-order valence-electron chi connectivity index (χ1n) is 9.85. The molecule has 0 fully saturated rings. The number of fused-ring (bicyclic) bond motifs is 2.